The fourth-order valence-corrected chi connectivity index (χ4v) is 2.68. The average Bonchev–Trinajstić information content (AvgIpc) is 2.68. The van der Waals surface area contributed by atoms with E-state index in [-0.39, 0.29) is 5.91 Å². The van der Waals surface area contributed by atoms with E-state index in [4.69, 9.17) is 0 Å². The predicted octanol–water partition coefficient (Wildman–Crippen LogP) is 4.05. The van der Waals surface area contributed by atoms with Gasteiger partial charge < -0.3 is 10.6 Å². The molecule has 6 heteroatoms. The molecule has 0 spiro atoms. The number of hydrogen-bond donors (Lipinski definition) is 2. The summed E-state index contributed by atoms with van der Waals surface area (Å²) in [4.78, 5) is 24.7. The first-order valence-corrected chi connectivity index (χ1v) is 8.04. The Balaban J connectivity index is 1.73. The van der Waals surface area contributed by atoms with E-state index in [1.165, 1.54) is 12.4 Å². The molecule has 0 aliphatic heterocycles. The van der Waals surface area contributed by atoms with Crippen LogP contribution in [-0.2, 0) is 4.79 Å². The van der Waals surface area contributed by atoms with Crippen molar-refractivity contribution in [1.82, 2.24) is 15.0 Å². The van der Waals surface area contributed by atoms with Gasteiger partial charge in [0.25, 0.3) is 0 Å². The number of amides is 1. The lowest BCUT2D eigenvalue weighted by atomic mass is 10.2. The molecule has 26 heavy (non-hydrogen) atoms. The van der Waals surface area contributed by atoms with Crippen molar-refractivity contribution in [3.05, 3.63) is 73.6 Å². The third-order valence-electron chi connectivity index (χ3n) is 3.93. The number of nitrogens with zero attached hydrogens (tertiary/aromatic N) is 3. The number of aromatic nitrogens is 3. The highest BCUT2D eigenvalue weighted by atomic mass is 16.1. The molecule has 6 nitrogen and oxygen atoms in total. The number of benzene rings is 2. The van der Waals surface area contributed by atoms with Crippen LogP contribution in [0.2, 0.25) is 0 Å². The van der Waals surface area contributed by atoms with Crippen molar-refractivity contribution in [3.63, 3.8) is 0 Å². The number of nitrogens with one attached hydrogen (secondary N) is 2. The van der Waals surface area contributed by atoms with Crippen molar-refractivity contribution in [2.75, 3.05) is 10.6 Å². The minimum absolute atomic E-state index is 0.271. The van der Waals surface area contributed by atoms with Gasteiger partial charge in [0.05, 0.1) is 11.0 Å². The minimum Gasteiger partial charge on any atom is -0.324 e. The second-order valence-electron chi connectivity index (χ2n) is 5.66. The lowest BCUT2D eigenvalue weighted by Gasteiger charge is -2.10. The molecule has 2 N–H and O–H groups in total. The van der Waals surface area contributed by atoms with Gasteiger partial charge in [-0.15, -0.1) is 0 Å². The number of hydrogen-bond acceptors (Lipinski definition) is 5. The van der Waals surface area contributed by atoms with Gasteiger partial charge in [0.1, 0.15) is 18.0 Å². The van der Waals surface area contributed by atoms with Crippen LogP contribution in [0.5, 0.6) is 0 Å². The molecule has 0 aliphatic rings. The molecule has 126 valence electrons. The third-order valence-corrected chi connectivity index (χ3v) is 3.93. The van der Waals surface area contributed by atoms with Gasteiger partial charge in [-0.2, -0.15) is 0 Å². The summed E-state index contributed by atoms with van der Waals surface area (Å²) in [7, 11) is 0. The van der Waals surface area contributed by atoms with Gasteiger partial charge in [-0.25, -0.2) is 15.0 Å². The largest absolute Gasteiger partial charge is 0.324 e. The Bertz CT molecular complexity index is 1140. The van der Waals surface area contributed by atoms with Crippen LogP contribution in [0, 0.1) is 0 Å². The Morgan fingerprint density at radius 2 is 1.88 bits per heavy atom. The van der Waals surface area contributed by atoms with E-state index in [1.54, 1.807) is 6.07 Å². The Morgan fingerprint density at radius 1 is 1.00 bits per heavy atom. The van der Waals surface area contributed by atoms with Crippen LogP contribution in [0.25, 0.3) is 21.8 Å². The Kier molecular flexibility index (Phi) is 3.99. The smallest absolute Gasteiger partial charge is 0.247 e. The van der Waals surface area contributed by atoms with Crippen molar-refractivity contribution in [2.45, 2.75) is 0 Å². The molecule has 0 saturated carbocycles. The van der Waals surface area contributed by atoms with E-state index in [0.717, 1.165) is 21.8 Å². The number of fused-ring (bicyclic) bond motifs is 2. The first kappa shape index (κ1) is 15.7. The van der Waals surface area contributed by atoms with Crippen LogP contribution in [0.3, 0.4) is 0 Å². The summed E-state index contributed by atoms with van der Waals surface area (Å²) >= 11 is 0. The molecule has 0 saturated heterocycles. The minimum atomic E-state index is -0.271. The van der Waals surface area contributed by atoms with Crippen LogP contribution >= 0.6 is 0 Å². The lowest BCUT2D eigenvalue weighted by Crippen LogP contribution is -2.07. The van der Waals surface area contributed by atoms with E-state index >= 15 is 0 Å². The third kappa shape index (κ3) is 3.08. The normalized spacial score (nSPS) is 10.6. The van der Waals surface area contributed by atoms with E-state index in [9.17, 15) is 4.79 Å². The van der Waals surface area contributed by atoms with Gasteiger partial charge in [0.15, 0.2) is 0 Å². The van der Waals surface area contributed by atoms with Gasteiger partial charge >= 0.3 is 0 Å². The Morgan fingerprint density at radius 3 is 2.77 bits per heavy atom. The highest BCUT2D eigenvalue weighted by Gasteiger charge is 2.07. The molecule has 1 amide bonds. The molecule has 2 aromatic heterocycles. The maximum Gasteiger partial charge on any atom is 0.247 e. The molecular formula is C20H15N5O. The number of carbonyl (C=O) groups excluding carboxylic acids is 1. The van der Waals surface area contributed by atoms with Gasteiger partial charge in [0, 0.05) is 16.5 Å². The summed E-state index contributed by atoms with van der Waals surface area (Å²) in [5.41, 5.74) is 2.31. The van der Waals surface area contributed by atoms with Gasteiger partial charge in [-0.1, -0.05) is 24.8 Å². The number of rotatable bonds is 4. The summed E-state index contributed by atoms with van der Waals surface area (Å²) in [6, 6.07) is 17.2. The molecule has 0 fully saturated rings. The zero-order valence-corrected chi connectivity index (χ0v) is 13.8. The lowest BCUT2D eigenvalue weighted by molar-refractivity contribution is -0.111. The molecule has 2 aromatic carbocycles. The highest BCUT2D eigenvalue weighted by molar-refractivity contribution is 6.01. The first-order valence-electron chi connectivity index (χ1n) is 8.04. The Hall–Kier alpha value is -3.80. The monoisotopic (exact) mass is 341 g/mol. The van der Waals surface area contributed by atoms with Gasteiger partial charge in [-0.3, -0.25) is 4.79 Å². The van der Waals surface area contributed by atoms with E-state index < -0.39 is 0 Å². The maximum absolute atomic E-state index is 11.5. The number of anilines is 3. The predicted molar refractivity (Wildman–Crippen MR) is 103 cm³/mol. The van der Waals surface area contributed by atoms with E-state index in [2.05, 4.69) is 32.2 Å². The fourth-order valence-electron chi connectivity index (χ4n) is 2.68. The first-order chi connectivity index (χ1) is 12.7. The van der Waals surface area contributed by atoms with Gasteiger partial charge in [-0.05, 0) is 42.5 Å². The molecular weight excluding hydrogens is 326 g/mol. The summed E-state index contributed by atoms with van der Waals surface area (Å²) in [5, 5.41) is 7.83. The van der Waals surface area contributed by atoms with Crippen molar-refractivity contribution in [1.29, 1.82) is 0 Å². The van der Waals surface area contributed by atoms with Crippen molar-refractivity contribution < 1.29 is 4.79 Å². The quantitative estimate of drug-likeness (QED) is 0.548. The van der Waals surface area contributed by atoms with Crippen molar-refractivity contribution >= 4 is 45.0 Å². The molecule has 2 heterocycles. The maximum atomic E-state index is 11.5. The molecule has 0 aliphatic carbocycles. The Labute approximate surface area is 149 Å². The molecule has 0 radical (unpaired) electrons. The topological polar surface area (TPSA) is 79.8 Å². The average molecular weight is 341 g/mol. The molecule has 0 unspecified atom stereocenters. The summed E-state index contributed by atoms with van der Waals surface area (Å²) in [6.45, 7) is 3.46. The molecule has 4 aromatic rings. The number of pyridine rings is 1. The number of para-hydroxylation sites is 1. The zero-order chi connectivity index (χ0) is 17.9. The second kappa shape index (κ2) is 6.60. The van der Waals surface area contributed by atoms with Crippen LogP contribution in [0.1, 0.15) is 0 Å². The van der Waals surface area contributed by atoms with Crippen LogP contribution in [0.4, 0.5) is 17.3 Å². The van der Waals surface area contributed by atoms with Crippen LogP contribution in [0.15, 0.2) is 73.6 Å². The number of carbonyl (C=O) groups is 1. The standard InChI is InChI=1S/C20H15N5O/c1-2-19(26)23-14-8-9-17-15(11-14)20(22-12-21-17)25-18-10-7-13-5-3-4-6-16(13)24-18/h2-12H,1H2,(H,23,26)(H,21,22,24,25). The zero-order valence-electron chi connectivity index (χ0n) is 13.8. The van der Waals surface area contributed by atoms with Crippen molar-refractivity contribution in [2.24, 2.45) is 0 Å². The summed E-state index contributed by atoms with van der Waals surface area (Å²) in [6.07, 6.45) is 2.72. The summed E-state index contributed by atoms with van der Waals surface area (Å²) < 4.78 is 0. The second-order valence-corrected chi connectivity index (χ2v) is 5.66. The van der Waals surface area contributed by atoms with Gasteiger partial charge in [0.2, 0.25) is 5.91 Å². The SMILES string of the molecule is C=CC(=O)Nc1ccc2ncnc(Nc3ccc4ccccc4n3)c2c1. The van der Waals surface area contributed by atoms with Crippen molar-refractivity contribution in [3.8, 4) is 0 Å². The van der Waals surface area contributed by atoms with Crippen LogP contribution < -0.4 is 10.6 Å². The van der Waals surface area contributed by atoms with E-state index in [1.807, 2.05) is 48.5 Å². The van der Waals surface area contributed by atoms with E-state index in [0.29, 0.717) is 17.3 Å². The fraction of sp³-hybridized carbons (Fsp3) is 0. The van der Waals surface area contributed by atoms with Crippen LogP contribution in [-0.4, -0.2) is 20.9 Å². The molecule has 0 bridgehead atoms. The molecule has 4 rings (SSSR count). The molecule has 0 atom stereocenters. The highest BCUT2D eigenvalue weighted by Crippen LogP contribution is 2.26. The summed E-state index contributed by atoms with van der Waals surface area (Å²) in [5.74, 6) is 1.03.